The van der Waals surface area contributed by atoms with Gasteiger partial charge in [0.05, 0.1) is 11.0 Å². The molecule has 0 fully saturated rings. The van der Waals surface area contributed by atoms with Crippen molar-refractivity contribution in [3.8, 4) is 0 Å². The molecule has 0 aliphatic heterocycles. The van der Waals surface area contributed by atoms with Gasteiger partial charge in [0.2, 0.25) is 0 Å². The van der Waals surface area contributed by atoms with Crippen LogP contribution in [0, 0.1) is 0 Å². The minimum atomic E-state index is 0.775. The Labute approximate surface area is 146 Å². The normalized spacial score (nSPS) is 12.1. The first-order valence-corrected chi connectivity index (χ1v) is 8.24. The predicted octanol–water partition coefficient (Wildman–Crippen LogP) is 5.84. The average Bonchev–Trinajstić information content (AvgIpc) is 2.68. The zero-order chi connectivity index (χ0) is 16.9. The molecule has 0 spiro atoms. The molecule has 1 aromatic heterocycles. The molecule has 0 amide bonds. The number of nitrogens with zero attached hydrogens (tertiary/aromatic N) is 1. The van der Waals surface area contributed by atoms with Gasteiger partial charge < -0.3 is 4.42 Å². The van der Waals surface area contributed by atoms with E-state index in [1.807, 2.05) is 91.0 Å². The van der Waals surface area contributed by atoms with Crippen molar-refractivity contribution < 1.29 is 4.42 Å². The minimum Gasteiger partial charge on any atom is -0.457 e. The number of rotatable bonds is 3. The lowest BCUT2D eigenvalue weighted by atomic mass is 10.2. The lowest BCUT2D eigenvalue weighted by Gasteiger charge is -2.02. The van der Waals surface area contributed by atoms with Crippen LogP contribution in [-0.2, 0) is 0 Å². The molecule has 25 heavy (non-hydrogen) atoms. The second-order valence-corrected chi connectivity index (χ2v) is 5.72. The van der Waals surface area contributed by atoms with Crippen molar-refractivity contribution >= 4 is 28.8 Å². The van der Waals surface area contributed by atoms with E-state index in [1.54, 1.807) is 0 Å². The summed E-state index contributed by atoms with van der Waals surface area (Å²) in [5.41, 5.74) is 2.89. The SMILES string of the molecule is C(=C\c1cc(=Nc2ccccc2)c2ccccc2o1)/c1ccccc1. The first-order chi connectivity index (χ1) is 12.4. The standard InChI is InChI=1S/C23H17NO/c1-3-9-18(10-4-1)15-16-20-17-22(24-19-11-5-2-6-12-19)21-13-7-8-14-23(21)25-20/h1-17H/b16-15+,24-22?. The maximum absolute atomic E-state index is 6.02. The van der Waals surface area contributed by atoms with Crippen LogP contribution in [0.15, 0.2) is 100 Å². The van der Waals surface area contributed by atoms with Crippen LogP contribution in [0.1, 0.15) is 11.3 Å². The molecule has 0 atom stereocenters. The second kappa shape index (κ2) is 7.02. The summed E-state index contributed by atoms with van der Waals surface area (Å²) in [6.45, 7) is 0. The average molecular weight is 323 g/mol. The van der Waals surface area contributed by atoms with Gasteiger partial charge in [-0.05, 0) is 35.9 Å². The van der Waals surface area contributed by atoms with Gasteiger partial charge in [0.1, 0.15) is 11.3 Å². The Kier molecular flexibility index (Phi) is 4.25. The summed E-state index contributed by atoms with van der Waals surface area (Å²) in [5, 5.41) is 1.91. The van der Waals surface area contributed by atoms with E-state index in [-0.39, 0.29) is 0 Å². The van der Waals surface area contributed by atoms with Crippen LogP contribution in [0.5, 0.6) is 0 Å². The molecule has 0 aliphatic carbocycles. The van der Waals surface area contributed by atoms with Crippen molar-refractivity contribution in [2.24, 2.45) is 4.99 Å². The summed E-state index contributed by atoms with van der Waals surface area (Å²) < 4.78 is 6.02. The van der Waals surface area contributed by atoms with E-state index in [2.05, 4.69) is 12.1 Å². The van der Waals surface area contributed by atoms with Crippen LogP contribution >= 0.6 is 0 Å². The van der Waals surface area contributed by atoms with Gasteiger partial charge in [-0.15, -0.1) is 0 Å². The Balaban J connectivity index is 1.84. The molecule has 2 nitrogen and oxygen atoms in total. The highest BCUT2D eigenvalue weighted by molar-refractivity contribution is 5.78. The van der Waals surface area contributed by atoms with Gasteiger partial charge >= 0.3 is 0 Å². The smallest absolute Gasteiger partial charge is 0.136 e. The van der Waals surface area contributed by atoms with Crippen molar-refractivity contribution in [3.05, 3.63) is 108 Å². The van der Waals surface area contributed by atoms with Gasteiger partial charge in [0.15, 0.2) is 0 Å². The van der Waals surface area contributed by atoms with Crippen LogP contribution in [0.3, 0.4) is 0 Å². The molecule has 120 valence electrons. The fourth-order valence-corrected chi connectivity index (χ4v) is 2.69. The van der Waals surface area contributed by atoms with Crippen LogP contribution in [0.25, 0.3) is 23.1 Å². The molecule has 3 aromatic carbocycles. The van der Waals surface area contributed by atoms with E-state index in [1.165, 1.54) is 0 Å². The fourth-order valence-electron chi connectivity index (χ4n) is 2.69. The van der Waals surface area contributed by atoms with Crippen molar-refractivity contribution in [1.29, 1.82) is 0 Å². The molecule has 0 radical (unpaired) electrons. The maximum Gasteiger partial charge on any atom is 0.136 e. The number of hydrogen-bond donors (Lipinski definition) is 0. The molecule has 0 aliphatic rings. The molecule has 0 N–H and O–H groups in total. The third-order valence-electron chi connectivity index (χ3n) is 3.92. The highest BCUT2D eigenvalue weighted by atomic mass is 16.3. The Bertz CT molecular complexity index is 1080. The van der Waals surface area contributed by atoms with Crippen molar-refractivity contribution in [2.75, 3.05) is 0 Å². The van der Waals surface area contributed by atoms with Gasteiger partial charge in [-0.1, -0.05) is 66.7 Å². The Hall–Kier alpha value is -3.39. The molecule has 4 aromatic rings. The third-order valence-corrected chi connectivity index (χ3v) is 3.92. The largest absolute Gasteiger partial charge is 0.457 e. The van der Waals surface area contributed by atoms with E-state index in [4.69, 9.17) is 9.41 Å². The number of fused-ring (bicyclic) bond motifs is 1. The lowest BCUT2D eigenvalue weighted by molar-refractivity contribution is 0.590. The van der Waals surface area contributed by atoms with E-state index < -0.39 is 0 Å². The third kappa shape index (κ3) is 3.59. The summed E-state index contributed by atoms with van der Waals surface area (Å²) in [7, 11) is 0. The quantitative estimate of drug-likeness (QED) is 0.465. The first kappa shape index (κ1) is 15.2. The van der Waals surface area contributed by atoms with Crippen molar-refractivity contribution in [1.82, 2.24) is 0 Å². The summed E-state index contributed by atoms with van der Waals surface area (Å²) in [6.07, 6.45) is 4.02. The second-order valence-electron chi connectivity index (χ2n) is 5.72. The Morgan fingerprint density at radius 3 is 2.16 bits per heavy atom. The minimum absolute atomic E-state index is 0.775. The fraction of sp³-hybridized carbons (Fsp3) is 0. The van der Waals surface area contributed by atoms with Crippen LogP contribution < -0.4 is 5.36 Å². The maximum atomic E-state index is 6.02. The van der Waals surface area contributed by atoms with Crippen molar-refractivity contribution in [2.45, 2.75) is 0 Å². The molecule has 0 saturated carbocycles. The van der Waals surface area contributed by atoms with E-state index in [9.17, 15) is 0 Å². The van der Waals surface area contributed by atoms with Crippen molar-refractivity contribution in [3.63, 3.8) is 0 Å². The summed E-state index contributed by atoms with van der Waals surface area (Å²) >= 11 is 0. The highest BCUT2D eigenvalue weighted by Crippen LogP contribution is 2.16. The number of benzene rings is 3. The van der Waals surface area contributed by atoms with Gasteiger partial charge in [-0.2, -0.15) is 0 Å². The van der Waals surface area contributed by atoms with E-state index >= 15 is 0 Å². The first-order valence-electron chi connectivity index (χ1n) is 8.24. The zero-order valence-corrected chi connectivity index (χ0v) is 13.7. The van der Waals surface area contributed by atoms with Gasteiger partial charge in [0, 0.05) is 11.5 Å². The van der Waals surface area contributed by atoms with E-state index in [0.29, 0.717) is 0 Å². The highest BCUT2D eigenvalue weighted by Gasteiger charge is 2.01. The zero-order valence-electron chi connectivity index (χ0n) is 13.7. The molecular formula is C23H17NO. The summed E-state index contributed by atoms with van der Waals surface area (Å²) in [5.74, 6) is 0.775. The number of hydrogen-bond acceptors (Lipinski definition) is 2. The topological polar surface area (TPSA) is 25.5 Å². The summed E-state index contributed by atoms with van der Waals surface area (Å²) in [4.78, 5) is 4.79. The Morgan fingerprint density at radius 2 is 1.36 bits per heavy atom. The summed E-state index contributed by atoms with van der Waals surface area (Å²) in [6, 6.07) is 30.1. The lowest BCUT2D eigenvalue weighted by Crippen LogP contribution is -2.02. The molecule has 2 heteroatoms. The molecule has 4 rings (SSSR count). The van der Waals surface area contributed by atoms with Crippen LogP contribution in [0.2, 0.25) is 0 Å². The molecule has 0 saturated heterocycles. The molecular weight excluding hydrogens is 306 g/mol. The number of para-hydroxylation sites is 2. The predicted molar refractivity (Wildman–Crippen MR) is 103 cm³/mol. The molecule has 0 bridgehead atoms. The van der Waals surface area contributed by atoms with Gasteiger partial charge in [0.25, 0.3) is 0 Å². The monoisotopic (exact) mass is 323 g/mol. The molecule has 1 heterocycles. The molecule has 0 unspecified atom stereocenters. The van der Waals surface area contributed by atoms with Crippen LogP contribution in [0.4, 0.5) is 5.69 Å². The van der Waals surface area contributed by atoms with Gasteiger partial charge in [-0.25, -0.2) is 4.99 Å². The van der Waals surface area contributed by atoms with Crippen LogP contribution in [-0.4, -0.2) is 0 Å². The van der Waals surface area contributed by atoms with E-state index in [0.717, 1.165) is 33.3 Å². The van der Waals surface area contributed by atoms with Gasteiger partial charge in [-0.3, -0.25) is 0 Å². The Morgan fingerprint density at radius 1 is 0.680 bits per heavy atom.